The van der Waals surface area contributed by atoms with Crippen LogP contribution < -0.4 is 15.8 Å². The Bertz CT molecular complexity index is 1100. The van der Waals surface area contributed by atoms with Crippen LogP contribution in [-0.2, 0) is 6.61 Å². The second kappa shape index (κ2) is 9.94. The van der Waals surface area contributed by atoms with Crippen molar-refractivity contribution in [2.45, 2.75) is 32.3 Å². The number of hydrogen-bond donors (Lipinski definition) is 3. The number of aliphatic imine (C=N–C) groups is 1. The summed E-state index contributed by atoms with van der Waals surface area (Å²) in [4.78, 5) is 14.8. The number of likely N-dealkylation sites (tertiary alicyclic amines) is 1. The van der Waals surface area contributed by atoms with E-state index in [1.807, 2.05) is 31.5 Å². The van der Waals surface area contributed by atoms with Gasteiger partial charge in [0.15, 0.2) is 0 Å². The number of nitrogens with two attached hydrogens (primary N) is 1. The molecule has 1 fully saturated rings. The summed E-state index contributed by atoms with van der Waals surface area (Å²) in [7, 11) is 4.05. The summed E-state index contributed by atoms with van der Waals surface area (Å²) < 4.78 is 5.83. The van der Waals surface area contributed by atoms with Gasteiger partial charge in [0.2, 0.25) is 0 Å². The summed E-state index contributed by atoms with van der Waals surface area (Å²) in [6, 6.07) is 5.46. The molecule has 9 heteroatoms. The number of aryl methyl sites for hydroxylation is 1. The van der Waals surface area contributed by atoms with Crippen molar-refractivity contribution in [1.29, 1.82) is 0 Å². The zero-order valence-electron chi connectivity index (χ0n) is 18.6. The van der Waals surface area contributed by atoms with Crippen LogP contribution in [0.1, 0.15) is 40.6 Å². The summed E-state index contributed by atoms with van der Waals surface area (Å²) in [6.07, 6.45) is 4.27. The van der Waals surface area contributed by atoms with Gasteiger partial charge in [-0.25, -0.2) is 9.98 Å². The van der Waals surface area contributed by atoms with Crippen LogP contribution in [0.25, 0.3) is 0 Å². The highest BCUT2D eigenvalue weighted by Gasteiger charge is 2.25. The normalized spacial score (nSPS) is 15.8. The number of nitrogens with zero attached hydrogens (tertiary/aromatic N) is 3. The molecule has 32 heavy (non-hydrogen) atoms. The number of thiazole rings is 1. The predicted molar refractivity (Wildman–Crippen MR) is 133 cm³/mol. The number of piperidine rings is 1. The summed E-state index contributed by atoms with van der Waals surface area (Å²) >= 11 is 8.06. The molecule has 0 atom stereocenters. The highest BCUT2D eigenvalue weighted by molar-refractivity contribution is 7.09. The number of hydrogen-bond acceptors (Lipinski definition) is 6. The fourth-order valence-electron chi connectivity index (χ4n) is 4.05. The van der Waals surface area contributed by atoms with Crippen molar-refractivity contribution in [1.82, 2.24) is 14.9 Å². The highest BCUT2D eigenvalue weighted by Crippen LogP contribution is 2.34. The Morgan fingerprint density at radius 2 is 2.19 bits per heavy atom. The van der Waals surface area contributed by atoms with Gasteiger partial charge in [0.1, 0.15) is 24.0 Å². The first-order chi connectivity index (χ1) is 15.4. The zero-order valence-corrected chi connectivity index (χ0v) is 20.2. The average molecular weight is 473 g/mol. The maximum Gasteiger partial charge on any atom is 0.138 e. The maximum atomic E-state index is 6.51. The molecule has 0 spiro atoms. The van der Waals surface area contributed by atoms with Gasteiger partial charge in [-0.15, -0.1) is 11.3 Å². The van der Waals surface area contributed by atoms with Crippen LogP contribution >= 0.6 is 22.9 Å². The summed E-state index contributed by atoms with van der Waals surface area (Å²) in [5, 5.41) is 6.70. The molecule has 0 amide bonds. The lowest BCUT2D eigenvalue weighted by molar-refractivity contribution is 0.255. The van der Waals surface area contributed by atoms with Crippen molar-refractivity contribution in [2.24, 2.45) is 10.7 Å². The Labute approximate surface area is 197 Å². The van der Waals surface area contributed by atoms with E-state index in [2.05, 4.69) is 38.4 Å². The molecule has 4 N–H and O–H groups in total. The lowest BCUT2D eigenvalue weighted by Gasteiger charge is -2.29. The van der Waals surface area contributed by atoms with Crippen LogP contribution in [0.5, 0.6) is 5.75 Å². The van der Waals surface area contributed by atoms with Crippen LogP contribution in [0.2, 0.25) is 5.02 Å². The molecule has 3 heterocycles. The highest BCUT2D eigenvalue weighted by atomic mass is 35.5. The van der Waals surface area contributed by atoms with Crippen molar-refractivity contribution in [2.75, 3.05) is 32.5 Å². The Balaban J connectivity index is 1.53. The number of nitrogens with one attached hydrogen (secondary N) is 2. The number of ether oxygens (including phenoxy) is 1. The van der Waals surface area contributed by atoms with E-state index >= 15 is 0 Å². The van der Waals surface area contributed by atoms with Crippen LogP contribution in [0.3, 0.4) is 0 Å². The average Bonchev–Trinajstić information content (AvgIpc) is 3.39. The number of benzene rings is 1. The molecule has 4 rings (SSSR count). The van der Waals surface area contributed by atoms with E-state index in [4.69, 9.17) is 22.1 Å². The molecule has 1 aliphatic rings. The largest absolute Gasteiger partial charge is 0.486 e. The lowest BCUT2D eigenvalue weighted by atomic mass is 9.88. The third-order valence-corrected chi connectivity index (χ3v) is 6.90. The van der Waals surface area contributed by atoms with Gasteiger partial charge in [-0.2, -0.15) is 0 Å². The molecule has 7 nitrogen and oxygen atoms in total. The number of amidine groups is 1. The molecule has 1 aromatic carbocycles. The first-order valence-corrected chi connectivity index (χ1v) is 12.0. The first kappa shape index (κ1) is 22.6. The van der Waals surface area contributed by atoms with Gasteiger partial charge in [-0.3, -0.25) is 0 Å². The van der Waals surface area contributed by atoms with Crippen molar-refractivity contribution >= 4 is 40.3 Å². The van der Waals surface area contributed by atoms with E-state index in [0.717, 1.165) is 48.0 Å². The van der Waals surface area contributed by atoms with Gasteiger partial charge >= 0.3 is 0 Å². The number of aromatic nitrogens is 2. The van der Waals surface area contributed by atoms with E-state index in [9.17, 15) is 0 Å². The molecule has 1 aliphatic heterocycles. The molecule has 170 valence electrons. The standard InChI is InChI=1S/C23H29ClN6OS/c1-14-28-17(13-32-14)12-31-20-5-4-16(10-19(20)24)29-22(25)21-18(11-27-23(21)26-2)15-6-8-30(3)9-7-15/h4-5,10-11,13,15,26-27H,6-9,12H2,1-3H3,(H2,25,29). The Hall–Kier alpha value is -2.55. The molecule has 0 saturated carbocycles. The number of aromatic amines is 1. The monoisotopic (exact) mass is 472 g/mol. The van der Waals surface area contributed by atoms with E-state index in [1.54, 1.807) is 17.4 Å². The Morgan fingerprint density at radius 3 is 2.84 bits per heavy atom. The van der Waals surface area contributed by atoms with E-state index in [-0.39, 0.29) is 0 Å². The fourth-order valence-corrected chi connectivity index (χ4v) is 4.88. The van der Waals surface area contributed by atoms with Gasteiger partial charge < -0.3 is 25.7 Å². The van der Waals surface area contributed by atoms with Gasteiger partial charge in [-0.1, -0.05) is 11.6 Å². The van der Waals surface area contributed by atoms with Gasteiger partial charge in [0.05, 0.1) is 27.0 Å². The summed E-state index contributed by atoms with van der Waals surface area (Å²) in [5.41, 5.74) is 10.2. The minimum Gasteiger partial charge on any atom is -0.486 e. The SMILES string of the molecule is CNc1[nH]cc(C2CCN(C)CC2)c1C(N)=Nc1ccc(OCc2csc(C)n2)c(Cl)c1. The predicted octanol–water partition coefficient (Wildman–Crippen LogP) is 4.90. The van der Waals surface area contributed by atoms with Crippen molar-refractivity contribution < 1.29 is 4.74 Å². The van der Waals surface area contributed by atoms with Crippen molar-refractivity contribution in [3.05, 3.63) is 56.6 Å². The molecule has 0 unspecified atom stereocenters. The molecule has 0 radical (unpaired) electrons. The van der Waals surface area contributed by atoms with Gasteiger partial charge in [0.25, 0.3) is 0 Å². The first-order valence-electron chi connectivity index (χ1n) is 10.7. The zero-order chi connectivity index (χ0) is 22.7. The van der Waals surface area contributed by atoms with Crippen molar-refractivity contribution in [3.8, 4) is 5.75 Å². The van der Waals surface area contributed by atoms with Crippen LogP contribution in [-0.4, -0.2) is 47.9 Å². The van der Waals surface area contributed by atoms with Crippen LogP contribution in [0.4, 0.5) is 11.5 Å². The quantitative estimate of drug-likeness (QED) is 0.336. The Kier molecular flexibility index (Phi) is 7.03. The fraction of sp³-hybridized carbons (Fsp3) is 0.391. The molecule has 2 aromatic heterocycles. The molecular formula is C23H29ClN6OS. The minimum atomic E-state index is 0.379. The Morgan fingerprint density at radius 1 is 1.41 bits per heavy atom. The molecule has 0 aliphatic carbocycles. The molecule has 0 bridgehead atoms. The third kappa shape index (κ3) is 5.09. The number of anilines is 1. The lowest BCUT2D eigenvalue weighted by Crippen LogP contribution is -2.30. The second-order valence-corrected chi connectivity index (χ2v) is 9.55. The molecular weight excluding hydrogens is 444 g/mol. The number of H-pyrrole nitrogens is 1. The van der Waals surface area contributed by atoms with E-state index < -0.39 is 0 Å². The number of halogens is 1. The third-order valence-electron chi connectivity index (χ3n) is 5.78. The van der Waals surface area contributed by atoms with E-state index in [1.165, 1.54) is 5.56 Å². The van der Waals surface area contributed by atoms with Crippen LogP contribution in [0, 0.1) is 6.92 Å². The smallest absolute Gasteiger partial charge is 0.138 e. The molecule has 3 aromatic rings. The van der Waals surface area contributed by atoms with Crippen molar-refractivity contribution in [3.63, 3.8) is 0 Å². The maximum absolute atomic E-state index is 6.51. The second-order valence-electron chi connectivity index (χ2n) is 8.08. The van der Waals surface area contributed by atoms with Crippen LogP contribution in [0.15, 0.2) is 34.8 Å². The molecule has 1 saturated heterocycles. The minimum absolute atomic E-state index is 0.379. The number of rotatable bonds is 7. The van der Waals surface area contributed by atoms with Gasteiger partial charge in [-0.05, 0) is 69.6 Å². The van der Waals surface area contributed by atoms with Gasteiger partial charge in [0, 0.05) is 18.6 Å². The summed E-state index contributed by atoms with van der Waals surface area (Å²) in [5.74, 6) is 2.40. The topological polar surface area (TPSA) is 91.6 Å². The van der Waals surface area contributed by atoms with E-state index in [0.29, 0.717) is 34.8 Å². The summed E-state index contributed by atoms with van der Waals surface area (Å²) in [6.45, 7) is 4.52.